The van der Waals surface area contributed by atoms with Gasteiger partial charge in [0.25, 0.3) is 0 Å². The Labute approximate surface area is 91.6 Å². The summed E-state index contributed by atoms with van der Waals surface area (Å²) in [5.74, 6) is 0.535. The van der Waals surface area contributed by atoms with E-state index in [1.807, 2.05) is 6.92 Å². The molecule has 82 valence electrons. The number of rotatable bonds is 3. The first kappa shape index (κ1) is 12.0. The minimum Gasteiger partial charge on any atom is -0.390 e. The molecule has 14 heavy (non-hydrogen) atoms. The number of hydrogen-bond acceptors (Lipinski definition) is 2. The molecule has 3 heteroatoms. The third kappa shape index (κ3) is 3.99. The van der Waals surface area contributed by atoms with Crippen molar-refractivity contribution in [3.63, 3.8) is 0 Å². The third-order valence-electron chi connectivity index (χ3n) is 2.79. The Morgan fingerprint density at radius 3 is 2.86 bits per heavy atom. The van der Waals surface area contributed by atoms with Gasteiger partial charge in [0.05, 0.1) is 5.60 Å². The molecule has 0 saturated carbocycles. The molecule has 1 unspecified atom stereocenters. The quantitative estimate of drug-likeness (QED) is 0.578. The third-order valence-corrected chi connectivity index (χ3v) is 3.17. The van der Waals surface area contributed by atoms with E-state index in [-0.39, 0.29) is 0 Å². The molecule has 1 atom stereocenters. The summed E-state index contributed by atoms with van der Waals surface area (Å²) in [7, 11) is 0. The van der Waals surface area contributed by atoms with Crippen molar-refractivity contribution in [2.45, 2.75) is 31.8 Å². The Bertz CT molecular complexity index is 203. The van der Waals surface area contributed by atoms with E-state index in [1.165, 1.54) is 0 Å². The zero-order chi connectivity index (χ0) is 10.6. The second-order valence-corrected chi connectivity index (χ2v) is 4.78. The monoisotopic (exact) mass is 217 g/mol. The van der Waals surface area contributed by atoms with E-state index in [1.54, 1.807) is 0 Å². The highest BCUT2D eigenvalue weighted by atomic mass is 35.5. The molecule has 0 amide bonds. The molecule has 1 saturated heterocycles. The molecule has 0 aliphatic carbocycles. The fraction of sp³-hybridized carbons (Fsp3) is 0.818. The van der Waals surface area contributed by atoms with Gasteiger partial charge < -0.3 is 5.11 Å². The second kappa shape index (κ2) is 5.15. The Hall–Kier alpha value is -0.0500. The molecule has 0 radical (unpaired) electrons. The van der Waals surface area contributed by atoms with Crippen LogP contribution in [0, 0.1) is 0 Å². The van der Waals surface area contributed by atoms with E-state index in [0.717, 1.165) is 44.5 Å². The van der Waals surface area contributed by atoms with Crippen molar-refractivity contribution in [3.05, 3.63) is 12.2 Å². The lowest BCUT2D eigenvalue weighted by molar-refractivity contribution is 0.0449. The van der Waals surface area contributed by atoms with Crippen molar-refractivity contribution >= 4 is 11.6 Å². The highest BCUT2D eigenvalue weighted by Gasteiger charge is 2.24. The van der Waals surface area contributed by atoms with Gasteiger partial charge >= 0.3 is 0 Å². The number of nitrogens with zero attached hydrogens (tertiary/aromatic N) is 1. The normalized spacial score (nSPS) is 29.9. The summed E-state index contributed by atoms with van der Waals surface area (Å²) in [6, 6.07) is 0. The molecule has 1 aliphatic heterocycles. The van der Waals surface area contributed by atoms with Crippen LogP contribution in [-0.2, 0) is 0 Å². The van der Waals surface area contributed by atoms with Crippen LogP contribution in [0.5, 0.6) is 0 Å². The van der Waals surface area contributed by atoms with Gasteiger partial charge in [0.15, 0.2) is 0 Å². The summed E-state index contributed by atoms with van der Waals surface area (Å²) in [5, 5.41) is 9.89. The van der Waals surface area contributed by atoms with Gasteiger partial charge in [-0.05, 0) is 38.3 Å². The molecule has 0 aromatic carbocycles. The van der Waals surface area contributed by atoms with Gasteiger partial charge in [-0.15, -0.1) is 11.6 Å². The zero-order valence-corrected chi connectivity index (χ0v) is 9.69. The van der Waals surface area contributed by atoms with Crippen LogP contribution in [-0.4, -0.2) is 41.1 Å². The van der Waals surface area contributed by atoms with E-state index < -0.39 is 5.60 Å². The van der Waals surface area contributed by atoms with E-state index in [0.29, 0.717) is 5.88 Å². The largest absolute Gasteiger partial charge is 0.390 e. The molecule has 1 aliphatic rings. The number of halogens is 1. The standard InChI is InChI=1S/C11H20ClNO/c1-10(8-12)9-13-6-3-4-11(2,14)5-7-13/h14H,1,3-9H2,2H3. The maximum atomic E-state index is 9.89. The lowest BCUT2D eigenvalue weighted by Crippen LogP contribution is -2.29. The molecule has 0 bridgehead atoms. The summed E-state index contributed by atoms with van der Waals surface area (Å²) in [4.78, 5) is 2.33. The molecule has 1 rings (SSSR count). The van der Waals surface area contributed by atoms with Gasteiger partial charge in [-0.25, -0.2) is 0 Å². The van der Waals surface area contributed by atoms with Crippen LogP contribution in [0.1, 0.15) is 26.2 Å². The van der Waals surface area contributed by atoms with Crippen LogP contribution in [0.4, 0.5) is 0 Å². The fourth-order valence-electron chi connectivity index (χ4n) is 1.84. The lowest BCUT2D eigenvalue weighted by atomic mass is 9.98. The first-order valence-electron chi connectivity index (χ1n) is 5.21. The molecule has 1 fully saturated rings. The predicted molar refractivity (Wildman–Crippen MR) is 60.8 cm³/mol. The first-order chi connectivity index (χ1) is 6.53. The van der Waals surface area contributed by atoms with Crippen LogP contribution in [0.15, 0.2) is 12.2 Å². The molecular formula is C11H20ClNO. The maximum absolute atomic E-state index is 9.89. The van der Waals surface area contributed by atoms with Crippen LogP contribution in [0.25, 0.3) is 0 Å². The van der Waals surface area contributed by atoms with E-state index in [9.17, 15) is 5.11 Å². The maximum Gasteiger partial charge on any atom is 0.0632 e. The van der Waals surface area contributed by atoms with Crippen LogP contribution in [0.3, 0.4) is 0 Å². The Morgan fingerprint density at radius 1 is 1.50 bits per heavy atom. The molecule has 0 spiro atoms. The molecular weight excluding hydrogens is 198 g/mol. The zero-order valence-electron chi connectivity index (χ0n) is 8.93. The van der Waals surface area contributed by atoms with E-state index in [2.05, 4.69) is 11.5 Å². The number of hydrogen-bond donors (Lipinski definition) is 1. The molecule has 0 aromatic heterocycles. The smallest absolute Gasteiger partial charge is 0.0632 e. The summed E-state index contributed by atoms with van der Waals surface area (Å²) in [6.07, 6.45) is 2.81. The number of aliphatic hydroxyl groups is 1. The first-order valence-corrected chi connectivity index (χ1v) is 5.74. The average molecular weight is 218 g/mol. The van der Waals surface area contributed by atoms with Gasteiger partial charge in [0.1, 0.15) is 0 Å². The summed E-state index contributed by atoms with van der Waals surface area (Å²) < 4.78 is 0. The SMILES string of the molecule is C=C(CCl)CN1CCCC(C)(O)CC1. The Morgan fingerprint density at radius 2 is 2.21 bits per heavy atom. The summed E-state index contributed by atoms with van der Waals surface area (Å²) >= 11 is 5.69. The molecule has 0 aromatic rings. The highest BCUT2D eigenvalue weighted by molar-refractivity contribution is 6.19. The Kier molecular flexibility index (Phi) is 4.42. The highest BCUT2D eigenvalue weighted by Crippen LogP contribution is 2.21. The number of alkyl halides is 1. The van der Waals surface area contributed by atoms with Gasteiger partial charge in [-0.2, -0.15) is 0 Å². The topological polar surface area (TPSA) is 23.5 Å². The van der Waals surface area contributed by atoms with Gasteiger partial charge in [-0.1, -0.05) is 6.58 Å². The second-order valence-electron chi connectivity index (χ2n) is 4.51. The van der Waals surface area contributed by atoms with Gasteiger partial charge in [0, 0.05) is 19.0 Å². The molecule has 1 heterocycles. The summed E-state index contributed by atoms with van der Waals surface area (Å²) in [6.45, 7) is 8.69. The van der Waals surface area contributed by atoms with Crippen molar-refractivity contribution in [1.82, 2.24) is 4.90 Å². The van der Waals surface area contributed by atoms with Crippen molar-refractivity contribution in [1.29, 1.82) is 0 Å². The van der Waals surface area contributed by atoms with Gasteiger partial charge in [-0.3, -0.25) is 4.90 Å². The summed E-state index contributed by atoms with van der Waals surface area (Å²) in [5.41, 5.74) is 0.588. The van der Waals surface area contributed by atoms with Crippen molar-refractivity contribution in [2.24, 2.45) is 0 Å². The average Bonchev–Trinajstić information content (AvgIpc) is 2.28. The van der Waals surface area contributed by atoms with E-state index in [4.69, 9.17) is 11.6 Å². The fourth-order valence-corrected chi connectivity index (χ4v) is 1.92. The van der Waals surface area contributed by atoms with Crippen molar-refractivity contribution < 1.29 is 5.11 Å². The van der Waals surface area contributed by atoms with Crippen molar-refractivity contribution in [2.75, 3.05) is 25.5 Å². The van der Waals surface area contributed by atoms with Crippen LogP contribution < -0.4 is 0 Å². The minimum atomic E-state index is -0.475. The van der Waals surface area contributed by atoms with Crippen molar-refractivity contribution in [3.8, 4) is 0 Å². The van der Waals surface area contributed by atoms with Crippen LogP contribution in [0.2, 0.25) is 0 Å². The molecule has 1 N–H and O–H groups in total. The van der Waals surface area contributed by atoms with Gasteiger partial charge in [0.2, 0.25) is 0 Å². The number of likely N-dealkylation sites (tertiary alicyclic amines) is 1. The Balaban J connectivity index is 2.38. The predicted octanol–water partition coefficient (Wildman–Crippen LogP) is 2.02. The molecule has 2 nitrogen and oxygen atoms in total. The van der Waals surface area contributed by atoms with E-state index >= 15 is 0 Å². The minimum absolute atomic E-state index is 0.475. The lowest BCUT2D eigenvalue weighted by Gasteiger charge is -2.22. The van der Waals surface area contributed by atoms with Crippen LogP contribution >= 0.6 is 11.6 Å².